The molecule has 0 aliphatic carbocycles. The zero-order chi connectivity index (χ0) is 35.2. The number of esters is 1. The van der Waals surface area contributed by atoms with Crippen LogP contribution in [0, 0.1) is 17.8 Å². The Bertz CT molecular complexity index is 1510. The Hall–Kier alpha value is -4.67. The smallest absolute Gasteiger partial charge is 0.328 e. The molecular formula is C37H50N4O7. The maximum atomic E-state index is 13.3. The van der Waals surface area contributed by atoms with Crippen molar-refractivity contribution in [2.75, 3.05) is 13.7 Å². The van der Waals surface area contributed by atoms with E-state index in [9.17, 15) is 19.2 Å². The number of ether oxygens (including phenoxy) is 3. The molecule has 0 aliphatic heterocycles. The van der Waals surface area contributed by atoms with Crippen LogP contribution in [-0.2, 0) is 30.5 Å². The molecule has 3 aromatic rings. The molecule has 0 unspecified atom stereocenters. The van der Waals surface area contributed by atoms with Gasteiger partial charge in [-0.15, -0.1) is 0 Å². The molecule has 3 atom stereocenters. The second-order valence-corrected chi connectivity index (χ2v) is 13.0. The maximum Gasteiger partial charge on any atom is 0.328 e. The van der Waals surface area contributed by atoms with Crippen molar-refractivity contribution in [1.29, 1.82) is 0 Å². The number of pyridine rings is 1. The molecule has 0 saturated heterocycles. The van der Waals surface area contributed by atoms with Crippen LogP contribution in [0.2, 0.25) is 0 Å². The van der Waals surface area contributed by atoms with Gasteiger partial charge in [0.15, 0.2) is 0 Å². The Labute approximate surface area is 283 Å². The Balaban J connectivity index is 1.52. The number of rotatable bonds is 18. The predicted octanol–water partition coefficient (Wildman–Crippen LogP) is 4.96. The summed E-state index contributed by atoms with van der Waals surface area (Å²) in [5, 5.41) is 9.28. The average molecular weight is 663 g/mol. The number of carbonyl (C=O) groups excluding carboxylic acids is 4. The fraction of sp³-hybridized carbons (Fsp3) is 0.486. The van der Waals surface area contributed by atoms with Gasteiger partial charge in [-0.3, -0.25) is 14.4 Å². The van der Waals surface area contributed by atoms with Crippen molar-refractivity contribution in [2.45, 2.75) is 85.5 Å². The molecule has 0 radical (unpaired) electrons. The van der Waals surface area contributed by atoms with Gasteiger partial charge in [-0.2, -0.15) is 0 Å². The topological polar surface area (TPSA) is 145 Å². The Kier molecular flexibility index (Phi) is 14.7. The third-order valence-electron chi connectivity index (χ3n) is 7.71. The molecule has 48 heavy (non-hydrogen) atoms. The summed E-state index contributed by atoms with van der Waals surface area (Å²) in [5.74, 6) is -1.05. The van der Waals surface area contributed by atoms with E-state index in [0.717, 1.165) is 16.5 Å². The summed E-state index contributed by atoms with van der Waals surface area (Å²) in [6.45, 7) is 11.8. The lowest BCUT2D eigenvalue weighted by molar-refractivity contribution is -0.146. The first-order chi connectivity index (χ1) is 22.9. The van der Waals surface area contributed by atoms with Crippen LogP contribution in [0.5, 0.6) is 11.6 Å². The van der Waals surface area contributed by atoms with Crippen molar-refractivity contribution < 1.29 is 33.4 Å². The van der Waals surface area contributed by atoms with E-state index in [0.29, 0.717) is 31.1 Å². The molecule has 11 heteroatoms. The van der Waals surface area contributed by atoms with Crippen molar-refractivity contribution in [3.8, 4) is 11.6 Å². The van der Waals surface area contributed by atoms with E-state index in [2.05, 4.69) is 20.9 Å². The second-order valence-electron chi connectivity index (χ2n) is 13.0. The molecule has 3 rings (SSSR count). The van der Waals surface area contributed by atoms with Gasteiger partial charge in [0.1, 0.15) is 30.5 Å². The van der Waals surface area contributed by atoms with Crippen LogP contribution in [-0.4, -0.2) is 60.5 Å². The molecule has 2 aromatic carbocycles. The molecule has 3 amide bonds. The van der Waals surface area contributed by atoms with Gasteiger partial charge in [-0.05, 0) is 54.4 Å². The van der Waals surface area contributed by atoms with Crippen molar-refractivity contribution in [3.05, 3.63) is 66.2 Å². The summed E-state index contributed by atoms with van der Waals surface area (Å²) in [6.07, 6.45) is 0.887. The lowest BCUT2D eigenvalue weighted by Gasteiger charge is -2.28. The normalized spacial score (nSPS) is 13.1. The SMILES string of the molecule is COC(=O)[C@@H](NC(=O)[C@H](CC(C)C)NC(=O)[C@@H](NC(=O)CCCOc1ccc2ccc(OCc3ccccc3)cc2n1)C(C)C)C(C)C. The number of nitrogens with zero attached hydrogens (tertiary/aromatic N) is 1. The quantitative estimate of drug-likeness (QED) is 0.128. The van der Waals surface area contributed by atoms with Crippen LogP contribution in [0.1, 0.15) is 66.4 Å². The molecule has 1 heterocycles. The van der Waals surface area contributed by atoms with Crippen molar-refractivity contribution in [1.82, 2.24) is 20.9 Å². The van der Waals surface area contributed by atoms with Crippen LogP contribution in [0.15, 0.2) is 60.7 Å². The number of hydrogen-bond acceptors (Lipinski definition) is 8. The largest absolute Gasteiger partial charge is 0.489 e. The van der Waals surface area contributed by atoms with Gasteiger partial charge >= 0.3 is 5.97 Å². The van der Waals surface area contributed by atoms with Crippen LogP contribution in [0.3, 0.4) is 0 Å². The van der Waals surface area contributed by atoms with Gasteiger partial charge in [0, 0.05) is 23.9 Å². The highest BCUT2D eigenvalue weighted by molar-refractivity contribution is 5.93. The van der Waals surface area contributed by atoms with E-state index in [1.54, 1.807) is 19.9 Å². The van der Waals surface area contributed by atoms with E-state index in [4.69, 9.17) is 14.2 Å². The Morgan fingerprint density at radius 2 is 1.46 bits per heavy atom. The van der Waals surface area contributed by atoms with Crippen molar-refractivity contribution in [2.24, 2.45) is 17.8 Å². The van der Waals surface area contributed by atoms with E-state index in [-0.39, 0.29) is 36.7 Å². The summed E-state index contributed by atoms with van der Waals surface area (Å²) in [7, 11) is 1.26. The monoisotopic (exact) mass is 662 g/mol. The Morgan fingerprint density at radius 1 is 0.771 bits per heavy atom. The summed E-state index contributed by atoms with van der Waals surface area (Å²) in [4.78, 5) is 56.2. The molecule has 3 N–H and O–H groups in total. The van der Waals surface area contributed by atoms with Gasteiger partial charge in [0.25, 0.3) is 0 Å². The zero-order valence-electron chi connectivity index (χ0n) is 29.1. The Morgan fingerprint density at radius 3 is 2.10 bits per heavy atom. The van der Waals surface area contributed by atoms with E-state index in [1.165, 1.54) is 7.11 Å². The standard InChI is InChI=1S/C37H50N4O7/c1-23(2)20-30(35(43)41-34(25(5)6)37(45)46-7)39-36(44)33(24(3)4)40-31(42)14-11-19-47-32-18-16-27-15-17-28(21-29(27)38-32)48-22-26-12-9-8-10-13-26/h8-10,12-13,15-18,21,23-25,30,33-34H,11,14,19-20,22H2,1-7H3,(H,39,44)(H,40,42)(H,41,43)/t30-,33-,34-/m0/s1. The van der Waals surface area contributed by atoms with Crippen molar-refractivity contribution >= 4 is 34.6 Å². The lowest BCUT2D eigenvalue weighted by Crippen LogP contribution is -2.57. The minimum Gasteiger partial charge on any atom is -0.489 e. The van der Waals surface area contributed by atoms with Gasteiger partial charge in [-0.25, -0.2) is 9.78 Å². The van der Waals surface area contributed by atoms with E-state index < -0.39 is 35.9 Å². The molecule has 0 aliphatic rings. The highest BCUT2D eigenvalue weighted by Gasteiger charge is 2.32. The van der Waals surface area contributed by atoms with Crippen molar-refractivity contribution in [3.63, 3.8) is 0 Å². The third kappa shape index (κ3) is 11.8. The van der Waals surface area contributed by atoms with E-state index >= 15 is 0 Å². The van der Waals surface area contributed by atoms with Gasteiger partial charge < -0.3 is 30.2 Å². The first-order valence-electron chi connectivity index (χ1n) is 16.6. The van der Waals surface area contributed by atoms with Crippen LogP contribution in [0.25, 0.3) is 10.9 Å². The lowest BCUT2D eigenvalue weighted by atomic mass is 9.98. The van der Waals surface area contributed by atoms with E-state index in [1.807, 2.05) is 82.3 Å². The number of amides is 3. The molecule has 0 bridgehead atoms. The fourth-order valence-corrected chi connectivity index (χ4v) is 5.02. The van der Waals surface area contributed by atoms with Gasteiger partial charge in [-0.1, -0.05) is 71.9 Å². The van der Waals surface area contributed by atoms with Crippen LogP contribution >= 0.6 is 0 Å². The molecule has 0 saturated carbocycles. The first-order valence-corrected chi connectivity index (χ1v) is 16.6. The fourth-order valence-electron chi connectivity index (χ4n) is 5.02. The molecular weight excluding hydrogens is 612 g/mol. The summed E-state index contributed by atoms with van der Waals surface area (Å²) >= 11 is 0. The zero-order valence-corrected chi connectivity index (χ0v) is 29.1. The highest BCUT2D eigenvalue weighted by Crippen LogP contribution is 2.23. The number of hydrogen-bond donors (Lipinski definition) is 3. The minimum absolute atomic E-state index is 0.0795. The maximum absolute atomic E-state index is 13.3. The molecule has 0 fully saturated rings. The first kappa shape index (κ1) is 37.8. The highest BCUT2D eigenvalue weighted by atomic mass is 16.5. The van der Waals surface area contributed by atoms with Crippen LogP contribution in [0.4, 0.5) is 0 Å². The molecule has 260 valence electrons. The summed E-state index contributed by atoms with van der Waals surface area (Å²) < 4.78 is 16.6. The number of benzene rings is 2. The predicted molar refractivity (Wildman–Crippen MR) is 184 cm³/mol. The third-order valence-corrected chi connectivity index (χ3v) is 7.71. The number of methoxy groups -OCH3 is 1. The number of fused-ring (bicyclic) bond motifs is 1. The van der Waals surface area contributed by atoms with Gasteiger partial charge in [0.05, 0.1) is 19.2 Å². The molecule has 0 spiro atoms. The van der Waals surface area contributed by atoms with Crippen LogP contribution < -0.4 is 25.4 Å². The summed E-state index contributed by atoms with van der Waals surface area (Å²) in [5.41, 5.74) is 1.80. The number of carbonyl (C=O) groups is 4. The summed E-state index contributed by atoms with van der Waals surface area (Å²) in [6, 6.07) is 16.7. The minimum atomic E-state index is -0.893. The van der Waals surface area contributed by atoms with Gasteiger partial charge in [0.2, 0.25) is 23.6 Å². The number of aromatic nitrogens is 1. The number of nitrogens with one attached hydrogen (secondary N) is 3. The second kappa shape index (κ2) is 18.6. The molecule has 11 nitrogen and oxygen atoms in total. The average Bonchev–Trinajstić information content (AvgIpc) is 3.06. The molecule has 1 aromatic heterocycles.